The molecule has 0 aromatic heterocycles. The number of hydrogen-bond donors (Lipinski definition) is 2. The second-order valence-corrected chi connectivity index (χ2v) is 4.47. The quantitative estimate of drug-likeness (QED) is 0.549. The van der Waals surface area contributed by atoms with E-state index in [4.69, 9.17) is 15.3 Å². The molecular formula is C14H23N3O3. The van der Waals surface area contributed by atoms with E-state index >= 15 is 0 Å². The summed E-state index contributed by atoms with van der Waals surface area (Å²) in [6.07, 6.45) is 0. The fourth-order valence-corrected chi connectivity index (χ4v) is 1.85. The van der Waals surface area contributed by atoms with Gasteiger partial charge in [0.2, 0.25) is 0 Å². The van der Waals surface area contributed by atoms with E-state index in [2.05, 4.69) is 5.43 Å². The zero-order valence-corrected chi connectivity index (χ0v) is 12.3. The van der Waals surface area contributed by atoms with E-state index in [1.165, 1.54) is 0 Å². The van der Waals surface area contributed by atoms with Crippen molar-refractivity contribution in [1.82, 2.24) is 4.90 Å². The molecule has 0 unspecified atom stereocenters. The van der Waals surface area contributed by atoms with Gasteiger partial charge >= 0.3 is 0 Å². The molecular weight excluding hydrogens is 258 g/mol. The van der Waals surface area contributed by atoms with E-state index in [1.54, 1.807) is 25.2 Å². The average Bonchev–Trinajstić information content (AvgIpc) is 2.46. The Balaban J connectivity index is 2.94. The fraction of sp³-hybridized carbons (Fsp3) is 0.500. The predicted molar refractivity (Wildman–Crippen MR) is 78.6 cm³/mol. The van der Waals surface area contributed by atoms with Crippen molar-refractivity contribution in [3.63, 3.8) is 0 Å². The molecule has 0 atom stereocenters. The van der Waals surface area contributed by atoms with E-state index in [0.29, 0.717) is 37.6 Å². The maximum Gasteiger partial charge on any atom is 0.256 e. The van der Waals surface area contributed by atoms with Crippen molar-refractivity contribution in [2.45, 2.75) is 6.92 Å². The summed E-state index contributed by atoms with van der Waals surface area (Å²) in [6.45, 7) is 3.92. The van der Waals surface area contributed by atoms with Crippen molar-refractivity contribution in [2.24, 2.45) is 5.84 Å². The van der Waals surface area contributed by atoms with Crippen LogP contribution in [-0.4, -0.2) is 51.3 Å². The number of carbonyl (C=O) groups is 1. The van der Waals surface area contributed by atoms with Crippen LogP contribution in [0, 0.1) is 6.92 Å². The van der Waals surface area contributed by atoms with Gasteiger partial charge in [0, 0.05) is 27.3 Å². The summed E-state index contributed by atoms with van der Waals surface area (Å²) in [5, 5.41) is 0. The second kappa shape index (κ2) is 8.52. The molecule has 112 valence electrons. The number of benzene rings is 1. The van der Waals surface area contributed by atoms with E-state index in [0.717, 1.165) is 5.56 Å². The van der Waals surface area contributed by atoms with E-state index in [-0.39, 0.29) is 5.91 Å². The van der Waals surface area contributed by atoms with Gasteiger partial charge in [0.25, 0.3) is 5.91 Å². The Morgan fingerprint density at radius 2 is 1.85 bits per heavy atom. The summed E-state index contributed by atoms with van der Waals surface area (Å²) in [5.41, 5.74) is 4.73. The summed E-state index contributed by atoms with van der Waals surface area (Å²) >= 11 is 0. The molecule has 0 spiro atoms. The van der Waals surface area contributed by atoms with E-state index < -0.39 is 0 Å². The standard InChI is InChI=1S/C14H23N3O3/c1-11-4-5-13(16-15)12(10-11)14(18)17(6-8-19-2)7-9-20-3/h4-5,10,16H,6-9,15H2,1-3H3. The fourth-order valence-electron chi connectivity index (χ4n) is 1.85. The molecule has 3 N–H and O–H groups in total. The molecule has 6 nitrogen and oxygen atoms in total. The lowest BCUT2D eigenvalue weighted by Gasteiger charge is -2.23. The predicted octanol–water partition coefficient (Wildman–Crippen LogP) is 1.02. The van der Waals surface area contributed by atoms with Crippen LogP contribution in [0.1, 0.15) is 15.9 Å². The normalized spacial score (nSPS) is 10.4. The number of hydrogen-bond acceptors (Lipinski definition) is 5. The van der Waals surface area contributed by atoms with Crippen LogP contribution in [0.25, 0.3) is 0 Å². The van der Waals surface area contributed by atoms with Crippen molar-refractivity contribution in [1.29, 1.82) is 0 Å². The Kier molecular flexibility index (Phi) is 7.00. The number of hydrazine groups is 1. The lowest BCUT2D eigenvalue weighted by Crippen LogP contribution is -2.37. The largest absolute Gasteiger partial charge is 0.383 e. The highest BCUT2D eigenvalue weighted by Gasteiger charge is 2.18. The van der Waals surface area contributed by atoms with Gasteiger partial charge in [-0.1, -0.05) is 11.6 Å². The van der Waals surface area contributed by atoms with Crippen LogP contribution >= 0.6 is 0 Å². The Morgan fingerprint density at radius 3 is 2.35 bits per heavy atom. The molecule has 0 radical (unpaired) electrons. The molecule has 0 heterocycles. The monoisotopic (exact) mass is 281 g/mol. The minimum Gasteiger partial charge on any atom is -0.383 e. The number of anilines is 1. The summed E-state index contributed by atoms with van der Waals surface area (Å²) in [6, 6.07) is 5.53. The van der Waals surface area contributed by atoms with Crippen molar-refractivity contribution < 1.29 is 14.3 Å². The lowest BCUT2D eigenvalue weighted by atomic mass is 10.1. The minimum atomic E-state index is -0.0873. The van der Waals surface area contributed by atoms with Gasteiger partial charge in [-0.05, 0) is 19.1 Å². The summed E-state index contributed by atoms with van der Waals surface area (Å²) in [7, 11) is 3.22. The van der Waals surface area contributed by atoms with Crippen molar-refractivity contribution in [3.05, 3.63) is 29.3 Å². The molecule has 1 aromatic rings. The van der Waals surface area contributed by atoms with Crippen LogP contribution in [0.15, 0.2) is 18.2 Å². The third-order valence-corrected chi connectivity index (χ3v) is 2.98. The molecule has 1 amide bonds. The number of methoxy groups -OCH3 is 2. The first-order chi connectivity index (χ1) is 9.63. The molecule has 0 aliphatic carbocycles. The van der Waals surface area contributed by atoms with Crippen LogP contribution in [0.4, 0.5) is 5.69 Å². The van der Waals surface area contributed by atoms with Crippen LogP contribution in [-0.2, 0) is 9.47 Å². The van der Waals surface area contributed by atoms with Crippen LogP contribution in [0.5, 0.6) is 0 Å². The van der Waals surface area contributed by atoms with Gasteiger partial charge < -0.3 is 19.8 Å². The minimum absolute atomic E-state index is 0.0873. The summed E-state index contributed by atoms with van der Waals surface area (Å²) < 4.78 is 10.1. The molecule has 0 aliphatic heterocycles. The van der Waals surface area contributed by atoms with Gasteiger partial charge in [-0.2, -0.15) is 0 Å². The summed E-state index contributed by atoms with van der Waals surface area (Å²) in [4.78, 5) is 14.3. The Morgan fingerprint density at radius 1 is 1.25 bits per heavy atom. The van der Waals surface area contributed by atoms with Crippen LogP contribution < -0.4 is 11.3 Å². The van der Waals surface area contributed by atoms with E-state index in [9.17, 15) is 4.79 Å². The molecule has 0 aliphatic rings. The SMILES string of the molecule is COCCN(CCOC)C(=O)c1cc(C)ccc1NN. The smallest absolute Gasteiger partial charge is 0.256 e. The summed E-state index contributed by atoms with van der Waals surface area (Å²) in [5.74, 6) is 5.38. The average molecular weight is 281 g/mol. The van der Waals surface area contributed by atoms with Gasteiger partial charge in [-0.25, -0.2) is 0 Å². The third kappa shape index (κ3) is 4.48. The highest BCUT2D eigenvalue weighted by Crippen LogP contribution is 2.18. The number of carbonyl (C=O) groups excluding carboxylic acids is 1. The first-order valence-electron chi connectivity index (χ1n) is 6.48. The number of nitrogens with one attached hydrogen (secondary N) is 1. The zero-order valence-electron chi connectivity index (χ0n) is 12.3. The number of rotatable bonds is 8. The van der Waals surface area contributed by atoms with Crippen LogP contribution in [0.2, 0.25) is 0 Å². The van der Waals surface area contributed by atoms with E-state index in [1.807, 2.05) is 19.1 Å². The molecule has 1 aromatic carbocycles. The van der Waals surface area contributed by atoms with Crippen LogP contribution in [0.3, 0.4) is 0 Å². The molecule has 20 heavy (non-hydrogen) atoms. The highest BCUT2D eigenvalue weighted by atomic mass is 16.5. The molecule has 0 bridgehead atoms. The first-order valence-corrected chi connectivity index (χ1v) is 6.48. The molecule has 0 saturated heterocycles. The Bertz CT molecular complexity index is 430. The van der Waals surface area contributed by atoms with Gasteiger partial charge in [0.15, 0.2) is 0 Å². The highest BCUT2D eigenvalue weighted by molar-refractivity contribution is 5.99. The number of nitrogen functional groups attached to an aromatic ring is 1. The topological polar surface area (TPSA) is 76.8 Å². The molecule has 0 fully saturated rings. The number of ether oxygens (including phenoxy) is 2. The Hall–Kier alpha value is -1.63. The molecule has 0 saturated carbocycles. The van der Waals surface area contributed by atoms with Gasteiger partial charge in [0.05, 0.1) is 24.5 Å². The van der Waals surface area contributed by atoms with Crippen molar-refractivity contribution in [3.8, 4) is 0 Å². The maximum absolute atomic E-state index is 12.6. The maximum atomic E-state index is 12.6. The zero-order chi connectivity index (χ0) is 15.0. The van der Waals surface area contributed by atoms with Gasteiger partial charge in [0.1, 0.15) is 0 Å². The molecule has 6 heteroatoms. The first kappa shape index (κ1) is 16.4. The molecule has 1 rings (SSSR count). The number of nitrogens with zero attached hydrogens (tertiary/aromatic N) is 1. The number of amides is 1. The lowest BCUT2D eigenvalue weighted by molar-refractivity contribution is 0.0628. The Labute approximate surface area is 119 Å². The third-order valence-electron chi connectivity index (χ3n) is 2.98. The second-order valence-electron chi connectivity index (χ2n) is 4.47. The van der Waals surface area contributed by atoms with Gasteiger partial charge in [-0.15, -0.1) is 0 Å². The van der Waals surface area contributed by atoms with Crippen molar-refractivity contribution >= 4 is 11.6 Å². The number of aryl methyl sites for hydroxylation is 1. The van der Waals surface area contributed by atoms with Gasteiger partial charge in [-0.3, -0.25) is 10.6 Å². The van der Waals surface area contributed by atoms with Crippen molar-refractivity contribution in [2.75, 3.05) is 45.9 Å². The number of nitrogens with two attached hydrogens (primary N) is 1.